The van der Waals surface area contributed by atoms with Gasteiger partial charge in [0.05, 0.1) is 5.02 Å². The van der Waals surface area contributed by atoms with Crippen molar-refractivity contribution in [3.05, 3.63) is 28.2 Å². The minimum atomic E-state index is 0.587. The summed E-state index contributed by atoms with van der Waals surface area (Å²) in [6, 6.07) is 6.09. The van der Waals surface area contributed by atoms with E-state index in [0.717, 1.165) is 12.3 Å². The molecule has 2 fully saturated rings. The molecular formula is C18H26Cl2N2O. The smallest absolute Gasteiger partial charge is 0.138 e. The zero-order valence-corrected chi connectivity index (χ0v) is 15.2. The zero-order valence-electron chi connectivity index (χ0n) is 13.6. The maximum absolute atomic E-state index is 6.15. The Balaban J connectivity index is 1.45. The molecule has 2 aliphatic heterocycles. The van der Waals surface area contributed by atoms with Gasteiger partial charge in [0.15, 0.2) is 0 Å². The molecule has 0 saturated carbocycles. The van der Waals surface area contributed by atoms with E-state index >= 15 is 0 Å². The Hall–Kier alpha value is -0.480. The second kappa shape index (κ2) is 8.57. The van der Waals surface area contributed by atoms with Crippen molar-refractivity contribution in [3.8, 4) is 5.75 Å². The molecule has 0 radical (unpaired) electrons. The maximum atomic E-state index is 6.15. The Morgan fingerprint density at radius 1 is 1.04 bits per heavy atom. The molecule has 2 heterocycles. The fourth-order valence-electron chi connectivity index (χ4n) is 3.70. The second-order valence-electron chi connectivity index (χ2n) is 6.62. The van der Waals surface area contributed by atoms with Crippen LogP contribution >= 0.6 is 23.2 Å². The number of halogens is 2. The van der Waals surface area contributed by atoms with E-state index in [4.69, 9.17) is 27.9 Å². The zero-order chi connectivity index (χ0) is 16.1. The van der Waals surface area contributed by atoms with Crippen molar-refractivity contribution in [1.82, 2.24) is 9.80 Å². The summed E-state index contributed by atoms with van der Waals surface area (Å²) in [6.45, 7) is 6.62. The van der Waals surface area contributed by atoms with Gasteiger partial charge in [0.25, 0.3) is 0 Å². The van der Waals surface area contributed by atoms with E-state index in [1.165, 1.54) is 58.3 Å². The Morgan fingerprint density at radius 2 is 1.87 bits per heavy atom. The molecule has 3 nitrogen and oxygen atoms in total. The number of nitrogens with zero attached hydrogens (tertiary/aromatic N) is 2. The third-order valence-electron chi connectivity index (χ3n) is 4.95. The Bertz CT molecular complexity index is 506. The molecule has 1 aromatic carbocycles. The van der Waals surface area contributed by atoms with E-state index in [9.17, 15) is 0 Å². The van der Waals surface area contributed by atoms with Gasteiger partial charge in [0, 0.05) is 24.2 Å². The molecule has 128 valence electrons. The van der Waals surface area contributed by atoms with Crippen LogP contribution in [0.3, 0.4) is 0 Å². The van der Waals surface area contributed by atoms with Crippen LogP contribution in [0.4, 0.5) is 0 Å². The molecule has 23 heavy (non-hydrogen) atoms. The molecule has 5 heteroatoms. The van der Waals surface area contributed by atoms with Gasteiger partial charge in [0.1, 0.15) is 12.4 Å². The van der Waals surface area contributed by atoms with Crippen LogP contribution in [0.5, 0.6) is 5.75 Å². The van der Waals surface area contributed by atoms with Gasteiger partial charge in [-0.3, -0.25) is 4.90 Å². The topological polar surface area (TPSA) is 15.7 Å². The van der Waals surface area contributed by atoms with Gasteiger partial charge in [-0.15, -0.1) is 0 Å². The molecule has 0 amide bonds. The molecule has 1 atom stereocenters. The minimum absolute atomic E-state index is 0.587. The molecule has 0 spiro atoms. The number of hydrogen-bond acceptors (Lipinski definition) is 3. The molecule has 1 aromatic rings. The van der Waals surface area contributed by atoms with Crippen molar-refractivity contribution < 1.29 is 4.74 Å². The lowest BCUT2D eigenvalue weighted by atomic mass is 10.1. The number of ether oxygens (including phenoxy) is 1. The van der Waals surface area contributed by atoms with Crippen molar-refractivity contribution in [1.29, 1.82) is 0 Å². The monoisotopic (exact) mass is 356 g/mol. The SMILES string of the molecule is Clc1ccc(OCCN2CCCC2CN2CCCCC2)c(Cl)c1. The Kier molecular flexibility index (Phi) is 6.46. The summed E-state index contributed by atoms with van der Waals surface area (Å²) in [5.74, 6) is 0.725. The quantitative estimate of drug-likeness (QED) is 0.754. The first-order chi connectivity index (χ1) is 11.2. The van der Waals surface area contributed by atoms with E-state index in [-0.39, 0.29) is 0 Å². The number of likely N-dealkylation sites (tertiary alicyclic amines) is 2. The highest BCUT2D eigenvalue weighted by atomic mass is 35.5. The average molecular weight is 357 g/mol. The van der Waals surface area contributed by atoms with Gasteiger partial charge in [-0.25, -0.2) is 0 Å². The molecule has 2 aliphatic rings. The van der Waals surface area contributed by atoms with Crippen LogP contribution in [0, 0.1) is 0 Å². The Morgan fingerprint density at radius 3 is 2.65 bits per heavy atom. The molecule has 3 rings (SSSR count). The maximum Gasteiger partial charge on any atom is 0.138 e. The van der Waals surface area contributed by atoms with E-state index in [1.807, 2.05) is 12.1 Å². The average Bonchev–Trinajstić information content (AvgIpc) is 2.98. The lowest BCUT2D eigenvalue weighted by Gasteiger charge is -2.33. The van der Waals surface area contributed by atoms with Gasteiger partial charge in [-0.1, -0.05) is 29.6 Å². The third kappa shape index (κ3) is 4.99. The number of rotatable bonds is 6. The summed E-state index contributed by atoms with van der Waals surface area (Å²) in [5.41, 5.74) is 0. The summed E-state index contributed by atoms with van der Waals surface area (Å²) in [4.78, 5) is 5.22. The van der Waals surface area contributed by atoms with Gasteiger partial charge >= 0.3 is 0 Å². The molecule has 0 aromatic heterocycles. The lowest BCUT2D eigenvalue weighted by molar-refractivity contribution is 0.138. The van der Waals surface area contributed by atoms with Gasteiger partial charge in [0.2, 0.25) is 0 Å². The highest BCUT2D eigenvalue weighted by molar-refractivity contribution is 6.35. The van der Waals surface area contributed by atoms with Crippen LogP contribution in [0.15, 0.2) is 18.2 Å². The first kappa shape index (κ1) is 17.3. The molecule has 0 N–H and O–H groups in total. The van der Waals surface area contributed by atoms with Crippen molar-refractivity contribution in [2.45, 2.75) is 38.1 Å². The van der Waals surface area contributed by atoms with E-state index < -0.39 is 0 Å². The highest BCUT2D eigenvalue weighted by Gasteiger charge is 2.26. The third-order valence-corrected chi connectivity index (χ3v) is 5.48. The number of benzene rings is 1. The molecule has 2 saturated heterocycles. The van der Waals surface area contributed by atoms with Crippen LogP contribution in [0.2, 0.25) is 10.0 Å². The molecule has 0 bridgehead atoms. The van der Waals surface area contributed by atoms with Crippen LogP contribution < -0.4 is 4.74 Å². The van der Waals surface area contributed by atoms with Crippen molar-refractivity contribution in [2.24, 2.45) is 0 Å². The predicted molar refractivity (Wildman–Crippen MR) is 96.8 cm³/mol. The summed E-state index contributed by atoms with van der Waals surface area (Å²) in [6.07, 6.45) is 6.76. The van der Waals surface area contributed by atoms with Gasteiger partial charge < -0.3 is 9.64 Å². The van der Waals surface area contributed by atoms with Crippen LogP contribution in [0.1, 0.15) is 32.1 Å². The summed E-state index contributed by atoms with van der Waals surface area (Å²) in [5, 5.41) is 1.23. The fraction of sp³-hybridized carbons (Fsp3) is 0.667. The lowest BCUT2D eigenvalue weighted by Crippen LogP contribution is -2.43. The fourth-order valence-corrected chi connectivity index (χ4v) is 4.16. The summed E-state index contributed by atoms with van der Waals surface area (Å²) < 4.78 is 5.85. The second-order valence-corrected chi connectivity index (χ2v) is 7.46. The molecule has 0 aliphatic carbocycles. The van der Waals surface area contributed by atoms with Crippen LogP contribution in [-0.2, 0) is 0 Å². The molecular weight excluding hydrogens is 331 g/mol. The van der Waals surface area contributed by atoms with Crippen molar-refractivity contribution in [2.75, 3.05) is 39.3 Å². The van der Waals surface area contributed by atoms with Gasteiger partial charge in [-0.2, -0.15) is 0 Å². The largest absolute Gasteiger partial charge is 0.491 e. The Labute approximate surface area is 149 Å². The first-order valence-corrected chi connectivity index (χ1v) is 9.52. The van der Waals surface area contributed by atoms with Crippen molar-refractivity contribution in [3.63, 3.8) is 0 Å². The van der Waals surface area contributed by atoms with E-state index in [1.54, 1.807) is 6.07 Å². The van der Waals surface area contributed by atoms with E-state index in [2.05, 4.69) is 9.80 Å². The normalized spacial score (nSPS) is 23.3. The highest BCUT2D eigenvalue weighted by Crippen LogP contribution is 2.27. The molecule has 1 unspecified atom stereocenters. The van der Waals surface area contributed by atoms with Gasteiger partial charge in [-0.05, 0) is 63.5 Å². The van der Waals surface area contributed by atoms with Crippen LogP contribution in [-0.4, -0.2) is 55.2 Å². The summed E-state index contributed by atoms with van der Waals surface area (Å²) >= 11 is 12.1. The number of hydrogen-bond donors (Lipinski definition) is 0. The predicted octanol–water partition coefficient (Wildman–Crippen LogP) is 4.32. The minimum Gasteiger partial charge on any atom is -0.491 e. The van der Waals surface area contributed by atoms with Crippen LogP contribution in [0.25, 0.3) is 0 Å². The van der Waals surface area contributed by atoms with Crippen molar-refractivity contribution >= 4 is 23.2 Å². The standard InChI is InChI=1S/C18H26Cl2N2O/c19-15-6-7-18(17(20)13-15)23-12-11-22-10-4-5-16(22)14-21-8-2-1-3-9-21/h6-7,13,16H,1-5,8-12,14H2. The summed E-state index contributed by atoms with van der Waals surface area (Å²) in [7, 11) is 0. The first-order valence-electron chi connectivity index (χ1n) is 8.76. The number of piperidine rings is 1. The van der Waals surface area contributed by atoms with E-state index in [0.29, 0.717) is 22.7 Å².